The minimum absolute atomic E-state index is 0.739. The Kier molecular flexibility index (Phi) is 3.38. The first-order chi connectivity index (χ1) is 8.08. The van der Waals surface area contributed by atoms with Gasteiger partial charge in [0.15, 0.2) is 0 Å². The van der Waals surface area contributed by atoms with Crippen LogP contribution in [0.4, 0.5) is 5.69 Å². The molecule has 2 aromatic rings. The van der Waals surface area contributed by atoms with Crippen LogP contribution in [-0.4, -0.2) is 9.78 Å². The van der Waals surface area contributed by atoms with Crippen molar-refractivity contribution in [3.8, 4) is 0 Å². The van der Waals surface area contributed by atoms with E-state index in [1.54, 1.807) is 0 Å². The highest BCUT2D eigenvalue weighted by Gasteiger charge is 2.04. The van der Waals surface area contributed by atoms with Gasteiger partial charge in [0.1, 0.15) is 0 Å². The highest BCUT2D eigenvalue weighted by Crippen LogP contribution is 2.23. The molecular formula is C13H16ClN3. The molecule has 2 rings (SSSR count). The molecule has 0 saturated carbocycles. The van der Waals surface area contributed by atoms with Crippen molar-refractivity contribution in [2.24, 2.45) is 7.05 Å². The van der Waals surface area contributed by atoms with Crippen LogP contribution in [0.5, 0.6) is 0 Å². The molecule has 17 heavy (non-hydrogen) atoms. The summed E-state index contributed by atoms with van der Waals surface area (Å²) in [5.74, 6) is 0. The van der Waals surface area contributed by atoms with E-state index in [0.717, 1.165) is 22.8 Å². The van der Waals surface area contributed by atoms with Crippen LogP contribution in [0.3, 0.4) is 0 Å². The predicted molar refractivity (Wildman–Crippen MR) is 71.5 cm³/mol. The van der Waals surface area contributed by atoms with Gasteiger partial charge >= 0.3 is 0 Å². The van der Waals surface area contributed by atoms with Crippen molar-refractivity contribution in [2.75, 3.05) is 5.32 Å². The molecule has 0 aliphatic rings. The van der Waals surface area contributed by atoms with Crippen LogP contribution in [-0.2, 0) is 13.6 Å². The summed E-state index contributed by atoms with van der Waals surface area (Å²) in [6.07, 6.45) is 1.88. The molecule has 0 fully saturated rings. The van der Waals surface area contributed by atoms with Gasteiger partial charge in [-0.15, -0.1) is 0 Å². The van der Waals surface area contributed by atoms with Gasteiger partial charge in [0, 0.05) is 24.8 Å². The SMILES string of the molecule is Cc1ccc(NCc2cnn(C)c2C)c(Cl)c1. The maximum atomic E-state index is 6.16. The normalized spacial score (nSPS) is 10.6. The van der Waals surface area contributed by atoms with E-state index in [0.29, 0.717) is 0 Å². The second-order valence-corrected chi connectivity index (χ2v) is 4.62. The Morgan fingerprint density at radius 3 is 2.71 bits per heavy atom. The summed E-state index contributed by atoms with van der Waals surface area (Å²) >= 11 is 6.16. The van der Waals surface area contributed by atoms with E-state index < -0.39 is 0 Å². The van der Waals surface area contributed by atoms with E-state index >= 15 is 0 Å². The molecule has 3 nitrogen and oxygen atoms in total. The quantitative estimate of drug-likeness (QED) is 0.905. The molecule has 0 bridgehead atoms. The number of nitrogens with one attached hydrogen (secondary N) is 1. The molecule has 4 heteroatoms. The predicted octanol–water partition coefficient (Wildman–Crippen LogP) is 3.30. The number of rotatable bonds is 3. The first-order valence-corrected chi connectivity index (χ1v) is 5.93. The standard InChI is InChI=1S/C13H16ClN3/c1-9-4-5-13(12(14)6-9)15-7-11-8-16-17(3)10(11)2/h4-6,8,15H,7H2,1-3H3. The van der Waals surface area contributed by atoms with Gasteiger partial charge in [-0.25, -0.2) is 0 Å². The molecule has 0 atom stereocenters. The molecule has 0 aliphatic heterocycles. The summed E-state index contributed by atoms with van der Waals surface area (Å²) in [4.78, 5) is 0. The fourth-order valence-corrected chi connectivity index (χ4v) is 1.97. The monoisotopic (exact) mass is 249 g/mol. The minimum Gasteiger partial charge on any atom is -0.380 e. The number of halogens is 1. The average molecular weight is 250 g/mol. The molecule has 0 radical (unpaired) electrons. The smallest absolute Gasteiger partial charge is 0.0640 e. The van der Waals surface area contributed by atoms with E-state index in [2.05, 4.69) is 17.3 Å². The maximum Gasteiger partial charge on any atom is 0.0640 e. The van der Waals surface area contributed by atoms with Crippen LogP contribution < -0.4 is 5.32 Å². The lowest BCUT2D eigenvalue weighted by Gasteiger charge is -2.08. The van der Waals surface area contributed by atoms with E-state index in [-0.39, 0.29) is 0 Å². The lowest BCUT2D eigenvalue weighted by Crippen LogP contribution is -2.02. The molecule has 1 N–H and O–H groups in total. The van der Waals surface area contributed by atoms with Crippen molar-refractivity contribution >= 4 is 17.3 Å². The third kappa shape index (κ3) is 2.61. The van der Waals surface area contributed by atoms with Gasteiger partial charge in [0.25, 0.3) is 0 Å². The zero-order valence-electron chi connectivity index (χ0n) is 10.3. The molecule has 0 aliphatic carbocycles. The molecule has 90 valence electrons. The van der Waals surface area contributed by atoms with Crippen LogP contribution in [0.25, 0.3) is 0 Å². The highest BCUT2D eigenvalue weighted by molar-refractivity contribution is 6.33. The van der Waals surface area contributed by atoms with E-state index in [1.807, 2.05) is 43.0 Å². The summed E-state index contributed by atoms with van der Waals surface area (Å²) in [5, 5.41) is 8.29. The number of aryl methyl sites for hydroxylation is 2. The molecule has 0 saturated heterocycles. The molecule has 0 spiro atoms. The number of benzene rings is 1. The average Bonchev–Trinajstić information content (AvgIpc) is 2.59. The van der Waals surface area contributed by atoms with Crippen molar-refractivity contribution in [3.05, 3.63) is 46.2 Å². The summed E-state index contributed by atoms with van der Waals surface area (Å²) in [5.41, 5.74) is 4.48. The second kappa shape index (κ2) is 4.80. The van der Waals surface area contributed by atoms with Crippen molar-refractivity contribution in [3.63, 3.8) is 0 Å². The van der Waals surface area contributed by atoms with Gasteiger partial charge in [-0.2, -0.15) is 5.10 Å². The lowest BCUT2D eigenvalue weighted by atomic mass is 10.2. The number of nitrogens with zero attached hydrogens (tertiary/aromatic N) is 2. The van der Waals surface area contributed by atoms with Gasteiger partial charge in [0.05, 0.1) is 16.9 Å². The van der Waals surface area contributed by atoms with Gasteiger partial charge in [-0.1, -0.05) is 17.7 Å². The Hall–Kier alpha value is -1.48. The zero-order valence-corrected chi connectivity index (χ0v) is 11.0. The van der Waals surface area contributed by atoms with E-state index in [1.165, 1.54) is 11.3 Å². The van der Waals surface area contributed by atoms with Crippen LogP contribution in [0.15, 0.2) is 24.4 Å². The summed E-state index contributed by atoms with van der Waals surface area (Å²) in [7, 11) is 1.94. The number of hydrogen-bond donors (Lipinski definition) is 1. The summed E-state index contributed by atoms with van der Waals surface area (Å²) < 4.78 is 1.87. The van der Waals surface area contributed by atoms with E-state index in [9.17, 15) is 0 Å². The molecular weight excluding hydrogens is 234 g/mol. The largest absolute Gasteiger partial charge is 0.380 e. The Balaban J connectivity index is 2.10. The lowest BCUT2D eigenvalue weighted by molar-refractivity contribution is 0.738. The maximum absolute atomic E-state index is 6.16. The van der Waals surface area contributed by atoms with Crippen molar-refractivity contribution < 1.29 is 0 Å². The topological polar surface area (TPSA) is 29.9 Å². The van der Waals surface area contributed by atoms with Crippen LogP contribution in [0.2, 0.25) is 5.02 Å². The van der Waals surface area contributed by atoms with Crippen molar-refractivity contribution in [1.82, 2.24) is 9.78 Å². The van der Waals surface area contributed by atoms with Gasteiger partial charge in [-0.3, -0.25) is 4.68 Å². The molecule has 1 aromatic heterocycles. The molecule has 1 aromatic carbocycles. The number of aromatic nitrogens is 2. The first-order valence-electron chi connectivity index (χ1n) is 5.55. The molecule has 0 unspecified atom stereocenters. The van der Waals surface area contributed by atoms with Crippen LogP contribution >= 0.6 is 11.6 Å². The third-order valence-electron chi connectivity index (χ3n) is 2.93. The third-order valence-corrected chi connectivity index (χ3v) is 3.24. The number of anilines is 1. The van der Waals surface area contributed by atoms with E-state index in [4.69, 9.17) is 11.6 Å². The van der Waals surface area contributed by atoms with Crippen molar-refractivity contribution in [2.45, 2.75) is 20.4 Å². The van der Waals surface area contributed by atoms with Gasteiger partial charge < -0.3 is 5.32 Å². The fraction of sp³-hybridized carbons (Fsp3) is 0.308. The Morgan fingerprint density at radius 1 is 1.35 bits per heavy atom. The van der Waals surface area contributed by atoms with Crippen LogP contribution in [0.1, 0.15) is 16.8 Å². The van der Waals surface area contributed by atoms with Crippen LogP contribution in [0, 0.1) is 13.8 Å². The fourth-order valence-electron chi connectivity index (χ4n) is 1.67. The van der Waals surface area contributed by atoms with Crippen molar-refractivity contribution in [1.29, 1.82) is 0 Å². The zero-order chi connectivity index (χ0) is 12.4. The highest BCUT2D eigenvalue weighted by atomic mass is 35.5. The Labute approximate surface area is 106 Å². The number of hydrogen-bond acceptors (Lipinski definition) is 2. The summed E-state index contributed by atoms with van der Waals surface area (Å²) in [6.45, 7) is 4.82. The Bertz CT molecular complexity index is 531. The van der Waals surface area contributed by atoms with Gasteiger partial charge in [-0.05, 0) is 31.5 Å². The minimum atomic E-state index is 0.739. The molecule has 0 amide bonds. The second-order valence-electron chi connectivity index (χ2n) is 4.22. The first kappa shape index (κ1) is 12.0. The Morgan fingerprint density at radius 2 is 2.12 bits per heavy atom. The summed E-state index contributed by atoms with van der Waals surface area (Å²) in [6, 6.07) is 6.01. The molecule has 1 heterocycles. The van der Waals surface area contributed by atoms with Gasteiger partial charge in [0.2, 0.25) is 0 Å².